The molecule has 5 nitrogen and oxygen atoms in total. The van der Waals surface area contributed by atoms with Crippen molar-refractivity contribution in [1.82, 2.24) is 4.90 Å². The first-order valence-electron chi connectivity index (χ1n) is 8.29. The largest absolute Gasteiger partial charge is 0.481 e. The first-order valence-corrected chi connectivity index (χ1v) is 8.29. The van der Waals surface area contributed by atoms with E-state index in [0.717, 1.165) is 38.6 Å². The highest BCUT2D eigenvalue weighted by molar-refractivity contribution is 5.78. The van der Waals surface area contributed by atoms with Crippen LogP contribution in [0.3, 0.4) is 0 Å². The second kappa shape index (κ2) is 8.37. The first kappa shape index (κ1) is 16.3. The van der Waals surface area contributed by atoms with Gasteiger partial charge in [-0.25, -0.2) is 0 Å². The maximum Gasteiger partial charge on any atom is 0.303 e. The summed E-state index contributed by atoms with van der Waals surface area (Å²) in [6.45, 7) is 0.908. The fraction of sp³-hybridized carbons (Fsp3) is 0.875. The summed E-state index contributed by atoms with van der Waals surface area (Å²) in [6, 6.07) is 0.0808. The van der Waals surface area contributed by atoms with Crippen molar-refractivity contribution < 1.29 is 19.4 Å². The first-order chi connectivity index (χ1) is 10.2. The van der Waals surface area contributed by atoms with Crippen molar-refractivity contribution in [3.8, 4) is 0 Å². The maximum absolute atomic E-state index is 12.3. The van der Waals surface area contributed by atoms with Gasteiger partial charge < -0.3 is 14.7 Å². The van der Waals surface area contributed by atoms with Gasteiger partial charge in [0.25, 0.3) is 0 Å². The van der Waals surface area contributed by atoms with Crippen LogP contribution in [0.25, 0.3) is 0 Å². The van der Waals surface area contributed by atoms with Crippen molar-refractivity contribution in [3.63, 3.8) is 0 Å². The molecule has 21 heavy (non-hydrogen) atoms. The number of likely N-dealkylation sites (tertiary alicyclic amines) is 1. The van der Waals surface area contributed by atoms with Gasteiger partial charge in [0.05, 0.1) is 6.10 Å². The molecule has 1 aliphatic heterocycles. The minimum atomic E-state index is -0.786. The van der Waals surface area contributed by atoms with Crippen LogP contribution < -0.4 is 0 Å². The molecule has 0 bridgehead atoms. The van der Waals surface area contributed by atoms with E-state index in [4.69, 9.17) is 9.84 Å². The van der Waals surface area contributed by atoms with Gasteiger partial charge in [-0.2, -0.15) is 0 Å². The topological polar surface area (TPSA) is 66.8 Å². The Morgan fingerprint density at radius 1 is 1.05 bits per heavy atom. The fourth-order valence-corrected chi connectivity index (χ4v) is 3.42. The van der Waals surface area contributed by atoms with E-state index in [1.807, 2.05) is 4.90 Å². The van der Waals surface area contributed by atoms with Gasteiger partial charge in [-0.1, -0.05) is 19.3 Å². The predicted octanol–water partition coefficient (Wildman–Crippen LogP) is 2.58. The van der Waals surface area contributed by atoms with Gasteiger partial charge in [0.1, 0.15) is 6.61 Å². The molecule has 2 rings (SSSR count). The Hall–Kier alpha value is -1.10. The normalized spacial score (nSPS) is 24.0. The van der Waals surface area contributed by atoms with Crippen molar-refractivity contribution in [2.45, 2.75) is 76.4 Å². The monoisotopic (exact) mass is 297 g/mol. The van der Waals surface area contributed by atoms with Crippen molar-refractivity contribution in [3.05, 3.63) is 0 Å². The highest BCUT2D eigenvalue weighted by Crippen LogP contribution is 2.23. The van der Waals surface area contributed by atoms with Gasteiger partial charge in [0.15, 0.2) is 0 Å². The van der Waals surface area contributed by atoms with Crippen molar-refractivity contribution in [2.24, 2.45) is 0 Å². The second-order valence-corrected chi connectivity index (χ2v) is 6.24. The van der Waals surface area contributed by atoms with E-state index in [0.29, 0.717) is 6.42 Å². The lowest BCUT2D eigenvalue weighted by molar-refractivity contribution is -0.144. The lowest BCUT2D eigenvalue weighted by Gasteiger charge is -2.36. The molecule has 0 aromatic heterocycles. The molecule has 2 fully saturated rings. The van der Waals surface area contributed by atoms with Gasteiger partial charge in [-0.15, -0.1) is 0 Å². The van der Waals surface area contributed by atoms with E-state index in [-0.39, 0.29) is 31.1 Å². The molecular weight excluding hydrogens is 270 g/mol. The molecule has 0 aromatic rings. The van der Waals surface area contributed by atoms with Gasteiger partial charge in [0.2, 0.25) is 5.91 Å². The quantitative estimate of drug-likeness (QED) is 0.818. The highest BCUT2D eigenvalue weighted by atomic mass is 16.5. The molecule has 0 radical (unpaired) electrons. The van der Waals surface area contributed by atoms with Crippen molar-refractivity contribution >= 4 is 11.9 Å². The minimum Gasteiger partial charge on any atom is -0.481 e. The number of carboxylic acids is 1. The van der Waals surface area contributed by atoms with Crippen LogP contribution in [0.1, 0.15) is 64.2 Å². The number of hydrogen-bond donors (Lipinski definition) is 1. The van der Waals surface area contributed by atoms with E-state index in [1.54, 1.807) is 0 Å². The number of amides is 1. The van der Waals surface area contributed by atoms with Gasteiger partial charge in [-0.3, -0.25) is 9.59 Å². The van der Waals surface area contributed by atoms with Crippen LogP contribution in [-0.4, -0.2) is 47.2 Å². The molecule has 5 heteroatoms. The molecule has 0 spiro atoms. The Labute approximate surface area is 126 Å². The Kier molecular flexibility index (Phi) is 6.49. The van der Waals surface area contributed by atoms with Gasteiger partial charge in [0, 0.05) is 19.0 Å². The summed E-state index contributed by atoms with van der Waals surface area (Å²) in [5, 5.41) is 8.81. The second-order valence-electron chi connectivity index (χ2n) is 6.24. The Bertz CT molecular complexity index is 352. The zero-order valence-electron chi connectivity index (χ0n) is 12.8. The smallest absolute Gasteiger partial charge is 0.303 e. The average Bonchev–Trinajstić information content (AvgIpc) is 2.52. The van der Waals surface area contributed by atoms with E-state index < -0.39 is 5.97 Å². The molecule has 1 unspecified atom stereocenters. The number of rotatable bonds is 6. The van der Waals surface area contributed by atoms with Crippen LogP contribution in [-0.2, 0) is 14.3 Å². The van der Waals surface area contributed by atoms with Gasteiger partial charge in [-0.05, 0) is 38.5 Å². The SMILES string of the molecule is O=C(O)CCC1CCCCN1C(=O)COC1CCCCC1. The van der Waals surface area contributed by atoms with E-state index in [2.05, 4.69) is 0 Å². The van der Waals surface area contributed by atoms with E-state index in [9.17, 15) is 9.59 Å². The average molecular weight is 297 g/mol. The molecule has 1 aliphatic carbocycles. The van der Waals surface area contributed by atoms with E-state index >= 15 is 0 Å². The zero-order valence-corrected chi connectivity index (χ0v) is 12.8. The van der Waals surface area contributed by atoms with Gasteiger partial charge >= 0.3 is 5.97 Å². The number of carboxylic acid groups (broad SMARTS) is 1. The molecule has 1 heterocycles. The number of nitrogens with zero attached hydrogens (tertiary/aromatic N) is 1. The summed E-state index contributed by atoms with van der Waals surface area (Å²) >= 11 is 0. The number of ether oxygens (including phenoxy) is 1. The fourth-order valence-electron chi connectivity index (χ4n) is 3.42. The molecule has 2 aliphatic rings. The number of piperidine rings is 1. The van der Waals surface area contributed by atoms with Crippen LogP contribution in [0.5, 0.6) is 0 Å². The number of aliphatic carboxylic acids is 1. The lowest BCUT2D eigenvalue weighted by Crippen LogP contribution is -2.46. The Morgan fingerprint density at radius 3 is 2.48 bits per heavy atom. The zero-order chi connectivity index (χ0) is 15.1. The maximum atomic E-state index is 12.3. The Balaban J connectivity index is 1.78. The molecule has 120 valence electrons. The van der Waals surface area contributed by atoms with Crippen LogP contribution in [0.2, 0.25) is 0 Å². The van der Waals surface area contributed by atoms with Crippen LogP contribution in [0, 0.1) is 0 Å². The predicted molar refractivity (Wildman–Crippen MR) is 79.0 cm³/mol. The van der Waals surface area contributed by atoms with Crippen molar-refractivity contribution in [1.29, 1.82) is 0 Å². The molecule has 1 saturated carbocycles. The number of carbonyl (C=O) groups excluding carboxylic acids is 1. The summed E-state index contributed by atoms with van der Waals surface area (Å²) in [5.74, 6) is -0.748. The highest BCUT2D eigenvalue weighted by Gasteiger charge is 2.27. The molecule has 1 saturated heterocycles. The summed E-state index contributed by atoms with van der Waals surface area (Å²) in [4.78, 5) is 24.9. The van der Waals surface area contributed by atoms with Crippen LogP contribution >= 0.6 is 0 Å². The molecule has 0 aromatic carbocycles. The van der Waals surface area contributed by atoms with Crippen LogP contribution in [0.4, 0.5) is 0 Å². The standard InChI is InChI=1S/C16H27NO4/c18-15(12-21-14-7-2-1-3-8-14)17-11-5-4-6-13(17)9-10-16(19)20/h13-14H,1-12H2,(H,19,20). The summed E-state index contributed by atoms with van der Waals surface area (Å²) in [7, 11) is 0. The molecule has 1 atom stereocenters. The van der Waals surface area contributed by atoms with Crippen molar-refractivity contribution in [2.75, 3.05) is 13.2 Å². The number of hydrogen-bond acceptors (Lipinski definition) is 3. The third-order valence-corrected chi connectivity index (χ3v) is 4.63. The summed E-state index contributed by atoms with van der Waals surface area (Å²) in [5.41, 5.74) is 0. The molecule has 1 N–H and O–H groups in total. The number of carbonyl (C=O) groups is 2. The summed E-state index contributed by atoms with van der Waals surface area (Å²) < 4.78 is 5.76. The van der Waals surface area contributed by atoms with Crippen LogP contribution in [0.15, 0.2) is 0 Å². The third kappa shape index (κ3) is 5.30. The Morgan fingerprint density at radius 2 is 1.76 bits per heavy atom. The lowest BCUT2D eigenvalue weighted by atomic mass is 9.97. The van der Waals surface area contributed by atoms with E-state index in [1.165, 1.54) is 19.3 Å². The minimum absolute atomic E-state index is 0.0377. The summed E-state index contributed by atoms with van der Waals surface area (Å²) in [6.07, 6.45) is 9.75. The molecular formula is C16H27NO4. The third-order valence-electron chi connectivity index (χ3n) is 4.63. The molecule has 1 amide bonds.